The van der Waals surface area contributed by atoms with Gasteiger partial charge in [-0.3, -0.25) is 10.00 Å². The van der Waals surface area contributed by atoms with E-state index in [-0.39, 0.29) is 21.8 Å². The second-order valence-corrected chi connectivity index (χ2v) is 6.25. The number of rotatable bonds is 3. The van der Waals surface area contributed by atoms with Gasteiger partial charge in [-0.1, -0.05) is 17.7 Å². The standard InChI is InChI=1S/C18H11ClF5N3O2/c1-27-8-15(16(26-27)18(22,23)24)29-17(28)25-14-5-3-10(20)7-11(14)9-2-4-12(19)13(21)6-9/h2-8H,1H3,(H,25,28). The highest BCUT2D eigenvalue weighted by Crippen LogP contribution is 2.35. The minimum Gasteiger partial charge on any atom is -0.406 e. The highest BCUT2D eigenvalue weighted by Gasteiger charge is 2.38. The molecule has 0 saturated carbocycles. The van der Waals surface area contributed by atoms with Crippen molar-refractivity contribution >= 4 is 23.4 Å². The van der Waals surface area contributed by atoms with Crippen LogP contribution in [0.15, 0.2) is 42.6 Å². The molecule has 0 atom stereocenters. The predicted molar refractivity (Wildman–Crippen MR) is 94.7 cm³/mol. The van der Waals surface area contributed by atoms with Crippen molar-refractivity contribution in [1.82, 2.24) is 9.78 Å². The Morgan fingerprint density at radius 2 is 1.90 bits per heavy atom. The number of halogens is 6. The summed E-state index contributed by atoms with van der Waals surface area (Å²) in [5.41, 5.74) is -1.15. The van der Waals surface area contributed by atoms with E-state index in [1.807, 2.05) is 0 Å². The molecule has 0 spiro atoms. The van der Waals surface area contributed by atoms with Gasteiger partial charge in [-0.05, 0) is 35.9 Å². The molecule has 1 N–H and O–H groups in total. The lowest BCUT2D eigenvalue weighted by molar-refractivity contribution is -0.142. The molecular weight excluding hydrogens is 421 g/mol. The number of hydrogen-bond donors (Lipinski definition) is 1. The summed E-state index contributed by atoms with van der Waals surface area (Å²) in [4.78, 5) is 12.1. The number of nitrogens with one attached hydrogen (secondary N) is 1. The number of anilines is 1. The van der Waals surface area contributed by atoms with Crippen molar-refractivity contribution in [2.75, 3.05) is 5.32 Å². The van der Waals surface area contributed by atoms with Crippen molar-refractivity contribution in [1.29, 1.82) is 0 Å². The second kappa shape index (κ2) is 7.70. The van der Waals surface area contributed by atoms with Gasteiger partial charge in [0.15, 0.2) is 5.75 Å². The van der Waals surface area contributed by atoms with Gasteiger partial charge in [0.2, 0.25) is 5.69 Å². The molecule has 2 aromatic carbocycles. The molecule has 1 aromatic heterocycles. The van der Waals surface area contributed by atoms with Crippen LogP contribution < -0.4 is 10.1 Å². The number of carbonyl (C=O) groups is 1. The van der Waals surface area contributed by atoms with Crippen LogP contribution in [0.3, 0.4) is 0 Å². The summed E-state index contributed by atoms with van der Waals surface area (Å²) in [6.07, 6.45) is -5.23. The average Bonchev–Trinajstić information content (AvgIpc) is 2.99. The summed E-state index contributed by atoms with van der Waals surface area (Å²) >= 11 is 5.63. The van der Waals surface area contributed by atoms with E-state index in [4.69, 9.17) is 16.3 Å². The predicted octanol–water partition coefficient (Wildman–Crippen LogP) is 5.65. The van der Waals surface area contributed by atoms with Crippen LogP contribution in [0, 0.1) is 11.6 Å². The highest BCUT2D eigenvalue weighted by molar-refractivity contribution is 6.30. The molecule has 0 fully saturated rings. The van der Waals surface area contributed by atoms with Gasteiger partial charge in [0.05, 0.1) is 16.9 Å². The maximum Gasteiger partial charge on any atom is 0.438 e. The first-order valence-corrected chi connectivity index (χ1v) is 8.27. The number of benzene rings is 2. The van der Waals surface area contributed by atoms with Crippen LogP contribution in [0.1, 0.15) is 5.69 Å². The van der Waals surface area contributed by atoms with Gasteiger partial charge in [0.1, 0.15) is 11.6 Å². The first-order valence-electron chi connectivity index (χ1n) is 7.89. The first kappa shape index (κ1) is 20.6. The normalized spacial score (nSPS) is 11.4. The fourth-order valence-corrected chi connectivity index (χ4v) is 2.62. The average molecular weight is 432 g/mol. The largest absolute Gasteiger partial charge is 0.438 e. The molecule has 152 valence electrons. The smallest absolute Gasteiger partial charge is 0.406 e. The molecule has 5 nitrogen and oxygen atoms in total. The second-order valence-electron chi connectivity index (χ2n) is 5.85. The summed E-state index contributed by atoms with van der Waals surface area (Å²) in [5, 5.41) is 5.28. The van der Waals surface area contributed by atoms with E-state index in [0.717, 1.165) is 35.1 Å². The van der Waals surface area contributed by atoms with Crippen LogP contribution in [0.25, 0.3) is 11.1 Å². The minimum atomic E-state index is -4.83. The monoisotopic (exact) mass is 431 g/mol. The van der Waals surface area contributed by atoms with Gasteiger partial charge in [-0.2, -0.15) is 18.3 Å². The summed E-state index contributed by atoms with van der Waals surface area (Å²) in [6, 6.07) is 6.84. The van der Waals surface area contributed by atoms with Crippen molar-refractivity contribution in [3.05, 3.63) is 64.9 Å². The molecule has 11 heteroatoms. The number of amides is 1. The Morgan fingerprint density at radius 3 is 2.55 bits per heavy atom. The Labute approximate surface area is 165 Å². The van der Waals surface area contributed by atoms with E-state index in [0.29, 0.717) is 0 Å². The number of nitrogens with zero attached hydrogens (tertiary/aromatic N) is 2. The van der Waals surface area contributed by atoms with Crippen LogP contribution in [0.4, 0.5) is 32.4 Å². The van der Waals surface area contributed by atoms with Gasteiger partial charge in [-0.25, -0.2) is 13.6 Å². The van der Waals surface area contributed by atoms with Crippen molar-refractivity contribution in [3.63, 3.8) is 0 Å². The molecule has 1 heterocycles. The van der Waals surface area contributed by atoms with Crippen molar-refractivity contribution < 1.29 is 31.5 Å². The number of ether oxygens (including phenoxy) is 1. The van der Waals surface area contributed by atoms with Crippen molar-refractivity contribution in [3.8, 4) is 16.9 Å². The molecule has 3 aromatic rings. The molecule has 29 heavy (non-hydrogen) atoms. The number of carbonyl (C=O) groups excluding carboxylic acids is 1. The molecule has 0 aliphatic heterocycles. The van der Waals surface area contributed by atoms with E-state index in [1.54, 1.807) is 0 Å². The molecule has 0 saturated heterocycles. The van der Waals surface area contributed by atoms with Crippen molar-refractivity contribution in [2.24, 2.45) is 7.05 Å². The number of aryl methyl sites for hydroxylation is 1. The summed E-state index contributed by atoms with van der Waals surface area (Å²) in [7, 11) is 1.23. The maximum absolute atomic E-state index is 13.8. The topological polar surface area (TPSA) is 56.1 Å². The summed E-state index contributed by atoms with van der Waals surface area (Å²) in [5.74, 6) is -2.26. The third-order valence-corrected chi connectivity index (χ3v) is 4.02. The Morgan fingerprint density at radius 1 is 1.17 bits per heavy atom. The van der Waals surface area contributed by atoms with Gasteiger partial charge in [0.25, 0.3) is 0 Å². The zero-order valence-electron chi connectivity index (χ0n) is 14.5. The third kappa shape index (κ3) is 4.65. The quantitative estimate of drug-likeness (QED) is 0.545. The van der Waals surface area contributed by atoms with Crippen LogP contribution in [0.5, 0.6) is 5.75 Å². The van der Waals surface area contributed by atoms with E-state index in [1.165, 1.54) is 19.2 Å². The molecular formula is C18H11ClF5N3O2. The molecule has 3 rings (SSSR count). The van der Waals surface area contributed by atoms with E-state index in [2.05, 4.69) is 10.4 Å². The van der Waals surface area contributed by atoms with Gasteiger partial charge in [0, 0.05) is 12.6 Å². The van der Waals surface area contributed by atoms with Crippen molar-refractivity contribution in [2.45, 2.75) is 6.18 Å². The Kier molecular flexibility index (Phi) is 5.47. The van der Waals surface area contributed by atoms with Crippen LogP contribution >= 0.6 is 11.6 Å². The SMILES string of the molecule is Cn1cc(OC(=O)Nc2ccc(F)cc2-c2ccc(Cl)c(F)c2)c(C(F)(F)F)n1. The first-order chi connectivity index (χ1) is 13.5. The fraction of sp³-hybridized carbons (Fsp3) is 0.111. The minimum absolute atomic E-state index is 0.0180. The van der Waals surface area contributed by atoms with Gasteiger partial charge in [-0.15, -0.1) is 0 Å². The molecule has 0 bridgehead atoms. The molecule has 0 unspecified atom stereocenters. The Bertz CT molecular complexity index is 1080. The zero-order chi connectivity index (χ0) is 21.3. The lowest BCUT2D eigenvalue weighted by Crippen LogP contribution is -2.19. The fourth-order valence-electron chi connectivity index (χ4n) is 2.50. The number of aromatic nitrogens is 2. The third-order valence-electron chi connectivity index (χ3n) is 3.72. The van der Waals surface area contributed by atoms with Crippen LogP contribution in [0.2, 0.25) is 5.02 Å². The van der Waals surface area contributed by atoms with Gasteiger partial charge < -0.3 is 4.74 Å². The Balaban J connectivity index is 1.89. The number of hydrogen-bond acceptors (Lipinski definition) is 3. The molecule has 0 aliphatic rings. The molecule has 1 amide bonds. The zero-order valence-corrected chi connectivity index (χ0v) is 15.3. The molecule has 0 radical (unpaired) electrons. The Hall–Kier alpha value is -3.14. The lowest BCUT2D eigenvalue weighted by atomic mass is 10.0. The van der Waals surface area contributed by atoms with Crippen LogP contribution in [-0.2, 0) is 13.2 Å². The maximum atomic E-state index is 13.8. The summed E-state index contributed by atoms with van der Waals surface area (Å²) < 4.78 is 71.9. The van der Waals surface area contributed by atoms with Gasteiger partial charge >= 0.3 is 12.3 Å². The molecule has 0 aliphatic carbocycles. The van der Waals surface area contributed by atoms with E-state index >= 15 is 0 Å². The lowest BCUT2D eigenvalue weighted by Gasteiger charge is -2.12. The summed E-state index contributed by atoms with van der Waals surface area (Å²) in [6.45, 7) is 0. The van der Waals surface area contributed by atoms with Crippen LogP contribution in [-0.4, -0.2) is 15.9 Å². The van der Waals surface area contributed by atoms with E-state index < -0.39 is 35.3 Å². The van der Waals surface area contributed by atoms with E-state index in [9.17, 15) is 26.7 Å². The number of alkyl halides is 3. The highest BCUT2D eigenvalue weighted by atomic mass is 35.5.